The molecule has 0 unspecified atom stereocenters. The molecule has 1 amide bonds. The van der Waals surface area contributed by atoms with Crippen molar-refractivity contribution in [2.45, 2.75) is 32.1 Å². The predicted octanol–water partition coefficient (Wildman–Crippen LogP) is 1.36. The van der Waals surface area contributed by atoms with Crippen molar-refractivity contribution in [1.29, 1.82) is 0 Å². The molecule has 7 nitrogen and oxygen atoms in total. The molecule has 0 spiro atoms. The van der Waals surface area contributed by atoms with Crippen molar-refractivity contribution < 1.29 is 4.79 Å². The quantitative estimate of drug-likeness (QED) is 0.696. The zero-order valence-corrected chi connectivity index (χ0v) is 17.0. The molecule has 2 aliphatic rings. The molecule has 0 atom stereocenters. The summed E-state index contributed by atoms with van der Waals surface area (Å²) in [5.74, 6) is 0.239. The number of hydrogen-bond acceptors (Lipinski definition) is 5. The number of aromatic nitrogens is 2. The predicted molar refractivity (Wildman–Crippen MR) is 105 cm³/mol. The van der Waals surface area contributed by atoms with Crippen LogP contribution >= 0.6 is 15.9 Å². The number of nitrogens with one attached hydrogen (secondary N) is 1. The summed E-state index contributed by atoms with van der Waals surface area (Å²) >= 11 is 3.38. The Morgan fingerprint density at radius 2 is 1.96 bits per heavy atom. The molecule has 0 saturated carbocycles. The van der Waals surface area contributed by atoms with Gasteiger partial charge in [-0.25, -0.2) is 4.68 Å². The summed E-state index contributed by atoms with van der Waals surface area (Å²) in [5.41, 5.74) is 0.679. The second-order valence-electron chi connectivity index (χ2n) is 7.23. The maximum atomic E-state index is 12.4. The summed E-state index contributed by atoms with van der Waals surface area (Å²) in [6.07, 6.45) is 6.97. The van der Waals surface area contributed by atoms with E-state index in [4.69, 9.17) is 0 Å². The molecule has 144 valence electrons. The summed E-state index contributed by atoms with van der Waals surface area (Å²) in [5, 5.41) is 7.20. The van der Waals surface area contributed by atoms with Gasteiger partial charge in [0.15, 0.2) is 0 Å². The van der Waals surface area contributed by atoms with Crippen molar-refractivity contribution in [3.05, 3.63) is 21.0 Å². The van der Waals surface area contributed by atoms with Crippen LogP contribution in [0.4, 0.5) is 5.69 Å². The highest BCUT2D eigenvalue weighted by molar-refractivity contribution is 9.10. The van der Waals surface area contributed by atoms with E-state index < -0.39 is 0 Å². The Morgan fingerprint density at radius 3 is 2.65 bits per heavy atom. The van der Waals surface area contributed by atoms with Gasteiger partial charge < -0.3 is 15.1 Å². The lowest BCUT2D eigenvalue weighted by Crippen LogP contribution is -2.41. The van der Waals surface area contributed by atoms with Crippen molar-refractivity contribution in [2.75, 3.05) is 44.2 Å². The minimum Gasteiger partial charge on any atom is -0.369 e. The number of aryl methyl sites for hydroxylation is 1. The molecule has 1 N–H and O–H groups in total. The zero-order chi connectivity index (χ0) is 18.5. The first-order valence-electron chi connectivity index (χ1n) is 9.53. The van der Waals surface area contributed by atoms with Crippen molar-refractivity contribution in [3.63, 3.8) is 0 Å². The number of anilines is 1. The van der Waals surface area contributed by atoms with Gasteiger partial charge in [0, 0.05) is 32.6 Å². The van der Waals surface area contributed by atoms with Crippen LogP contribution in [-0.2, 0) is 11.8 Å². The SMILES string of the molecule is Cn1ncc(N2CCC(C(=O)NCCCN3CCCC3)CC2)c(Br)c1=O. The molecular weight excluding hydrogens is 398 g/mol. The van der Waals surface area contributed by atoms with Crippen LogP contribution in [0.15, 0.2) is 15.5 Å². The molecule has 8 heteroatoms. The summed E-state index contributed by atoms with van der Waals surface area (Å²) in [4.78, 5) is 29.0. The van der Waals surface area contributed by atoms with Gasteiger partial charge >= 0.3 is 0 Å². The van der Waals surface area contributed by atoms with E-state index in [9.17, 15) is 9.59 Å². The van der Waals surface area contributed by atoms with E-state index in [1.54, 1.807) is 13.2 Å². The third-order valence-corrected chi connectivity index (χ3v) is 6.16. The first-order chi connectivity index (χ1) is 12.6. The maximum absolute atomic E-state index is 12.4. The number of carbonyl (C=O) groups excluding carboxylic acids is 1. The molecule has 0 bridgehead atoms. The molecule has 3 rings (SSSR count). The Bertz CT molecular complexity index is 679. The topological polar surface area (TPSA) is 70.5 Å². The Hall–Kier alpha value is -1.41. The minimum absolute atomic E-state index is 0.0660. The van der Waals surface area contributed by atoms with E-state index in [1.165, 1.54) is 30.6 Å². The van der Waals surface area contributed by atoms with Crippen molar-refractivity contribution in [1.82, 2.24) is 20.0 Å². The fraction of sp³-hybridized carbons (Fsp3) is 0.722. The average molecular weight is 426 g/mol. The number of nitrogens with zero attached hydrogens (tertiary/aromatic N) is 4. The Morgan fingerprint density at radius 1 is 1.27 bits per heavy atom. The normalized spacial score (nSPS) is 19.1. The minimum atomic E-state index is -0.139. The van der Waals surface area contributed by atoms with E-state index in [-0.39, 0.29) is 17.4 Å². The summed E-state index contributed by atoms with van der Waals surface area (Å²) < 4.78 is 1.86. The lowest BCUT2D eigenvalue weighted by molar-refractivity contribution is -0.125. The number of rotatable bonds is 6. The van der Waals surface area contributed by atoms with Crippen molar-refractivity contribution in [3.8, 4) is 0 Å². The van der Waals surface area contributed by atoms with Crippen molar-refractivity contribution in [2.24, 2.45) is 13.0 Å². The standard InChI is InChI=1S/C18H28BrN5O2/c1-22-18(26)16(19)15(13-21-22)24-11-5-14(6-12-24)17(25)20-7-4-10-23-8-2-3-9-23/h13-14H,2-12H2,1H3,(H,20,25). The lowest BCUT2D eigenvalue weighted by Gasteiger charge is -2.33. The molecule has 2 aliphatic heterocycles. The molecule has 26 heavy (non-hydrogen) atoms. The number of hydrogen-bond donors (Lipinski definition) is 1. The first kappa shape index (κ1) is 19.4. The van der Waals surface area contributed by atoms with E-state index >= 15 is 0 Å². The monoisotopic (exact) mass is 425 g/mol. The van der Waals surface area contributed by atoms with E-state index in [1.807, 2.05) is 0 Å². The summed E-state index contributed by atoms with van der Waals surface area (Å²) in [6, 6.07) is 0. The molecule has 2 saturated heterocycles. The largest absolute Gasteiger partial charge is 0.369 e. The number of amides is 1. The van der Waals surface area contributed by atoms with Gasteiger partial charge in [-0.2, -0.15) is 5.10 Å². The van der Waals surface area contributed by atoms with Crippen LogP contribution in [-0.4, -0.2) is 59.9 Å². The van der Waals surface area contributed by atoms with Gasteiger partial charge in [0.2, 0.25) is 5.91 Å². The van der Waals surface area contributed by atoms with Crippen LogP contribution in [0.1, 0.15) is 32.1 Å². The molecule has 0 aromatic carbocycles. The second-order valence-corrected chi connectivity index (χ2v) is 8.02. The lowest BCUT2D eigenvalue weighted by atomic mass is 9.95. The molecule has 1 aromatic rings. The highest BCUT2D eigenvalue weighted by Gasteiger charge is 2.26. The van der Waals surface area contributed by atoms with Crippen LogP contribution in [0.5, 0.6) is 0 Å². The van der Waals surface area contributed by atoms with Gasteiger partial charge in [-0.05, 0) is 67.7 Å². The van der Waals surface area contributed by atoms with Crippen LogP contribution in [0.3, 0.4) is 0 Å². The number of halogens is 1. The molecule has 0 radical (unpaired) electrons. The summed E-state index contributed by atoms with van der Waals surface area (Å²) in [7, 11) is 1.64. The van der Waals surface area contributed by atoms with E-state index in [2.05, 4.69) is 36.1 Å². The van der Waals surface area contributed by atoms with Gasteiger partial charge in [0.05, 0.1) is 11.9 Å². The molecule has 0 aliphatic carbocycles. The first-order valence-corrected chi connectivity index (χ1v) is 10.3. The summed E-state index contributed by atoms with van der Waals surface area (Å²) in [6.45, 7) is 5.79. The Kier molecular flexibility index (Phi) is 6.69. The zero-order valence-electron chi connectivity index (χ0n) is 15.4. The van der Waals surface area contributed by atoms with Crippen LogP contribution in [0.25, 0.3) is 0 Å². The van der Waals surface area contributed by atoms with Crippen LogP contribution in [0, 0.1) is 5.92 Å². The molecule has 1 aromatic heterocycles. The fourth-order valence-electron chi connectivity index (χ4n) is 3.77. The maximum Gasteiger partial charge on any atom is 0.282 e. The highest BCUT2D eigenvalue weighted by Crippen LogP contribution is 2.27. The molecular formula is C18H28BrN5O2. The van der Waals surface area contributed by atoms with E-state index in [0.717, 1.165) is 51.1 Å². The third-order valence-electron chi connectivity index (χ3n) is 5.42. The average Bonchev–Trinajstić information content (AvgIpc) is 3.17. The van der Waals surface area contributed by atoms with Crippen LogP contribution in [0.2, 0.25) is 0 Å². The highest BCUT2D eigenvalue weighted by atomic mass is 79.9. The number of piperidine rings is 1. The van der Waals surface area contributed by atoms with Gasteiger partial charge in [-0.3, -0.25) is 9.59 Å². The van der Waals surface area contributed by atoms with Crippen LogP contribution < -0.4 is 15.8 Å². The molecule has 3 heterocycles. The smallest absolute Gasteiger partial charge is 0.282 e. The van der Waals surface area contributed by atoms with Gasteiger partial charge in [0.1, 0.15) is 4.47 Å². The van der Waals surface area contributed by atoms with Gasteiger partial charge in [-0.15, -0.1) is 0 Å². The third kappa shape index (κ3) is 4.65. The Balaban J connectivity index is 1.42. The van der Waals surface area contributed by atoms with Crippen molar-refractivity contribution >= 4 is 27.5 Å². The van der Waals surface area contributed by atoms with E-state index in [0.29, 0.717) is 4.47 Å². The van der Waals surface area contributed by atoms with Gasteiger partial charge in [0.25, 0.3) is 5.56 Å². The Labute approximate surface area is 162 Å². The second kappa shape index (κ2) is 8.99. The number of carbonyl (C=O) groups is 1. The number of likely N-dealkylation sites (tertiary alicyclic amines) is 1. The molecule has 2 fully saturated rings. The fourth-order valence-corrected chi connectivity index (χ4v) is 4.38. The van der Waals surface area contributed by atoms with Gasteiger partial charge in [-0.1, -0.05) is 0 Å².